The van der Waals surface area contributed by atoms with Crippen molar-refractivity contribution in [3.63, 3.8) is 0 Å². The van der Waals surface area contributed by atoms with Crippen LogP contribution in [0.3, 0.4) is 0 Å². The minimum absolute atomic E-state index is 0.764. The molecule has 0 spiro atoms. The number of nitrogens with one attached hydrogen (secondary N) is 1. The van der Waals surface area contributed by atoms with E-state index in [1.807, 2.05) is 0 Å². The Morgan fingerprint density at radius 1 is 1.50 bits per heavy atom. The number of rotatable bonds is 5. The van der Waals surface area contributed by atoms with Gasteiger partial charge in [0, 0.05) is 24.8 Å². The van der Waals surface area contributed by atoms with Crippen LogP contribution in [0.2, 0.25) is 0 Å². The third-order valence-electron chi connectivity index (χ3n) is 3.47. The topological polar surface area (TPSA) is 24.5 Å². The van der Waals surface area contributed by atoms with E-state index in [4.69, 9.17) is 4.74 Å². The van der Waals surface area contributed by atoms with Gasteiger partial charge in [-0.3, -0.25) is 0 Å². The highest BCUT2D eigenvalue weighted by atomic mass is 79.9. The summed E-state index contributed by atoms with van der Waals surface area (Å²) in [6.07, 6.45) is 1.27. The quantitative estimate of drug-likeness (QED) is 0.905. The second-order valence-electron chi connectivity index (χ2n) is 4.73. The van der Waals surface area contributed by atoms with E-state index in [9.17, 15) is 0 Å². The molecule has 1 atom stereocenters. The third-order valence-corrected chi connectivity index (χ3v) is 4.12. The van der Waals surface area contributed by atoms with Crippen molar-refractivity contribution in [1.82, 2.24) is 5.32 Å². The van der Waals surface area contributed by atoms with Gasteiger partial charge in [0.2, 0.25) is 0 Å². The van der Waals surface area contributed by atoms with Crippen LogP contribution in [0.4, 0.5) is 5.69 Å². The Morgan fingerprint density at radius 2 is 2.33 bits per heavy atom. The standard InChI is InChI=1S/C14H21BrN2O/c1-3-16-9-11-6-7-17(10-11)12-4-5-13(15)14(8-12)18-2/h4-5,8,11,16H,3,6-7,9-10H2,1-2H3. The van der Waals surface area contributed by atoms with E-state index in [2.05, 4.69) is 51.3 Å². The molecule has 0 aromatic heterocycles. The van der Waals surface area contributed by atoms with Gasteiger partial charge in [0.15, 0.2) is 0 Å². The molecule has 0 saturated carbocycles. The maximum atomic E-state index is 5.35. The molecule has 1 aromatic rings. The van der Waals surface area contributed by atoms with Crippen LogP contribution in [0.15, 0.2) is 22.7 Å². The zero-order chi connectivity index (χ0) is 13.0. The summed E-state index contributed by atoms with van der Waals surface area (Å²) < 4.78 is 6.36. The van der Waals surface area contributed by atoms with Gasteiger partial charge >= 0.3 is 0 Å². The maximum absolute atomic E-state index is 5.35. The first-order valence-electron chi connectivity index (χ1n) is 6.53. The van der Waals surface area contributed by atoms with Crippen molar-refractivity contribution in [2.24, 2.45) is 5.92 Å². The predicted molar refractivity (Wildman–Crippen MR) is 79.6 cm³/mol. The van der Waals surface area contributed by atoms with E-state index >= 15 is 0 Å². The van der Waals surface area contributed by atoms with E-state index in [0.29, 0.717) is 0 Å². The van der Waals surface area contributed by atoms with Gasteiger partial charge in [0.05, 0.1) is 11.6 Å². The summed E-state index contributed by atoms with van der Waals surface area (Å²) in [6, 6.07) is 6.33. The summed E-state index contributed by atoms with van der Waals surface area (Å²) in [4.78, 5) is 2.44. The molecular weight excluding hydrogens is 292 g/mol. The van der Waals surface area contributed by atoms with Crippen LogP contribution < -0.4 is 15.0 Å². The lowest BCUT2D eigenvalue weighted by Gasteiger charge is -2.20. The van der Waals surface area contributed by atoms with Gasteiger partial charge in [0.1, 0.15) is 5.75 Å². The SMILES string of the molecule is CCNCC1CCN(c2ccc(Br)c(OC)c2)C1. The first-order valence-corrected chi connectivity index (χ1v) is 7.33. The third kappa shape index (κ3) is 3.18. The van der Waals surface area contributed by atoms with E-state index in [0.717, 1.165) is 42.3 Å². The molecule has 1 N–H and O–H groups in total. The zero-order valence-corrected chi connectivity index (χ0v) is 12.7. The van der Waals surface area contributed by atoms with Crippen LogP contribution in [-0.2, 0) is 0 Å². The molecule has 1 heterocycles. The fourth-order valence-electron chi connectivity index (χ4n) is 2.43. The normalized spacial score (nSPS) is 19.3. The number of benzene rings is 1. The lowest BCUT2D eigenvalue weighted by molar-refractivity contribution is 0.412. The van der Waals surface area contributed by atoms with E-state index < -0.39 is 0 Å². The Labute approximate surface area is 118 Å². The first-order chi connectivity index (χ1) is 8.74. The number of halogens is 1. The van der Waals surface area contributed by atoms with Crippen LogP contribution in [0.25, 0.3) is 0 Å². The molecule has 0 bridgehead atoms. The van der Waals surface area contributed by atoms with Crippen molar-refractivity contribution < 1.29 is 4.74 Å². The maximum Gasteiger partial charge on any atom is 0.135 e. The predicted octanol–water partition coefficient (Wildman–Crippen LogP) is 2.89. The summed E-state index contributed by atoms with van der Waals surface area (Å²) in [5, 5.41) is 3.44. The molecule has 0 amide bonds. The number of methoxy groups -OCH3 is 1. The van der Waals surface area contributed by atoms with E-state index in [1.54, 1.807) is 7.11 Å². The van der Waals surface area contributed by atoms with Gasteiger partial charge in [-0.25, -0.2) is 0 Å². The number of nitrogens with zero attached hydrogens (tertiary/aromatic N) is 1. The molecule has 1 fully saturated rings. The highest BCUT2D eigenvalue weighted by Gasteiger charge is 2.22. The van der Waals surface area contributed by atoms with E-state index in [1.165, 1.54) is 12.1 Å². The van der Waals surface area contributed by atoms with Crippen LogP contribution in [0.5, 0.6) is 5.75 Å². The highest BCUT2D eigenvalue weighted by Crippen LogP contribution is 2.32. The molecule has 1 aliphatic heterocycles. The largest absolute Gasteiger partial charge is 0.495 e. The average molecular weight is 313 g/mol. The summed E-state index contributed by atoms with van der Waals surface area (Å²) in [6.45, 7) is 6.62. The van der Waals surface area contributed by atoms with Crippen molar-refractivity contribution in [1.29, 1.82) is 0 Å². The molecule has 0 radical (unpaired) electrons. The van der Waals surface area contributed by atoms with Crippen LogP contribution in [0, 0.1) is 5.92 Å². The molecule has 1 unspecified atom stereocenters. The smallest absolute Gasteiger partial charge is 0.135 e. The van der Waals surface area contributed by atoms with Crippen molar-refractivity contribution in [2.45, 2.75) is 13.3 Å². The second kappa shape index (κ2) is 6.43. The Balaban J connectivity index is 2.00. The van der Waals surface area contributed by atoms with E-state index in [-0.39, 0.29) is 0 Å². The molecule has 0 aliphatic carbocycles. The van der Waals surface area contributed by atoms with Crippen LogP contribution in [-0.4, -0.2) is 33.3 Å². The Morgan fingerprint density at radius 3 is 3.06 bits per heavy atom. The highest BCUT2D eigenvalue weighted by molar-refractivity contribution is 9.10. The lowest BCUT2D eigenvalue weighted by atomic mass is 10.1. The summed E-state index contributed by atoms with van der Waals surface area (Å²) >= 11 is 3.49. The Kier molecular flexibility index (Phi) is 4.89. The van der Waals surface area contributed by atoms with Gasteiger partial charge < -0.3 is 15.0 Å². The monoisotopic (exact) mass is 312 g/mol. The first kappa shape index (κ1) is 13.7. The minimum Gasteiger partial charge on any atom is -0.495 e. The number of anilines is 1. The molecule has 1 saturated heterocycles. The number of hydrogen-bond acceptors (Lipinski definition) is 3. The fraction of sp³-hybridized carbons (Fsp3) is 0.571. The van der Waals surface area contributed by atoms with Gasteiger partial charge in [-0.05, 0) is 53.5 Å². The van der Waals surface area contributed by atoms with Gasteiger partial charge in [-0.15, -0.1) is 0 Å². The molecule has 100 valence electrons. The zero-order valence-electron chi connectivity index (χ0n) is 11.1. The molecule has 1 aromatic carbocycles. The summed E-state index contributed by atoms with van der Waals surface area (Å²) in [5.41, 5.74) is 1.26. The molecule has 3 nitrogen and oxygen atoms in total. The number of ether oxygens (including phenoxy) is 1. The second-order valence-corrected chi connectivity index (χ2v) is 5.58. The summed E-state index contributed by atoms with van der Waals surface area (Å²) in [7, 11) is 1.71. The molecular formula is C14H21BrN2O. The fourth-order valence-corrected chi connectivity index (χ4v) is 2.84. The van der Waals surface area contributed by atoms with Gasteiger partial charge in [-0.2, -0.15) is 0 Å². The summed E-state index contributed by atoms with van der Waals surface area (Å²) in [5.74, 6) is 1.67. The van der Waals surface area contributed by atoms with Crippen molar-refractivity contribution >= 4 is 21.6 Å². The molecule has 18 heavy (non-hydrogen) atoms. The molecule has 1 aliphatic rings. The van der Waals surface area contributed by atoms with Crippen molar-refractivity contribution in [2.75, 3.05) is 38.2 Å². The van der Waals surface area contributed by atoms with Crippen LogP contribution >= 0.6 is 15.9 Å². The Hall–Kier alpha value is -0.740. The minimum atomic E-state index is 0.764. The van der Waals surface area contributed by atoms with Crippen LogP contribution in [0.1, 0.15) is 13.3 Å². The van der Waals surface area contributed by atoms with Crippen molar-refractivity contribution in [3.8, 4) is 5.75 Å². The number of hydrogen-bond donors (Lipinski definition) is 1. The molecule has 2 rings (SSSR count). The van der Waals surface area contributed by atoms with Gasteiger partial charge in [0.25, 0.3) is 0 Å². The van der Waals surface area contributed by atoms with Gasteiger partial charge in [-0.1, -0.05) is 6.92 Å². The molecule has 4 heteroatoms. The van der Waals surface area contributed by atoms with Crippen molar-refractivity contribution in [3.05, 3.63) is 22.7 Å². The average Bonchev–Trinajstić information content (AvgIpc) is 2.85. The lowest BCUT2D eigenvalue weighted by Crippen LogP contribution is -2.26. The Bertz CT molecular complexity index is 397.